The Labute approximate surface area is 104 Å². The molecule has 3 heterocycles. The van der Waals surface area contributed by atoms with Crippen LogP contribution in [0.5, 0.6) is 0 Å². The van der Waals surface area contributed by atoms with E-state index in [2.05, 4.69) is 26.6 Å². The van der Waals surface area contributed by atoms with Crippen molar-refractivity contribution in [2.45, 2.75) is 13.0 Å². The third kappa shape index (κ3) is 2.23. The molecule has 0 spiro atoms. The fourth-order valence-corrected chi connectivity index (χ4v) is 1.85. The summed E-state index contributed by atoms with van der Waals surface area (Å²) < 4.78 is 6.79. The molecule has 0 saturated heterocycles. The van der Waals surface area contributed by atoms with Crippen LogP contribution in [-0.4, -0.2) is 26.3 Å². The lowest BCUT2D eigenvalue weighted by Crippen LogP contribution is -2.16. The van der Waals surface area contributed by atoms with Gasteiger partial charge < -0.3 is 9.84 Å². The van der Waals surface area contributed by atoms with Gasteiger partial charge in [0.15, 0.2) is 6.33 Å². The van der Waals surface area contributed by atoms with E-state index in [4.69, 9.17) is 4.52 Å². The Bertz CT molecular complexity index is 616. The summed E-state index contributed by atoms with van der Waals surface area (Å²) in [6, 6.07) is 6.04. The molecule has 0 fully saturated rings. The summed E-state index contributed by atoms with van der Waals surface area (Å²) in [5, 5.41) is 11.2. The second-order valence-electron chi connectivity index (χ2n) is 3.96. The predicted octanol–water partition coefficient (Wildman–Crippen LogP) is 1.05. The summed E-state index contributed by atoms with van der Waals surface area (Å²) in [5.74, 6) is 0.655. The van der Waals surface area contributed by atoms with Crippen LogP contribution in [0, 0.1) is 0 Å². The minimum absolute atomic E-state index is 0.655. The fourth-order valence-electron chi connectivity index (χ4n) is 1.85. The van der Waals surface area contributed by atoms with Gasteiger partial charge in [0.2, 0.25) is 5.89 Å². The van der Waals surface area contributed by atoms with E-state index in [1.54, 1.807) is 0 Å². The van der Waals surface area contributed by atoms with Crippen LogP contribution in [-0.2, 0) is 13.0 Å². The number of nitrogens with zero attached hydrogens (tertiary/aromatic N) is 4. The predicted molar refractivity (Wildman–Crippen MR) is 64.9 cm³/mol. The van der Waals surface area contributed by atoms with E-state index in [1.807, 2.05) is 29.0 Å². The van der Waals surface area contributed by atoms with Crippen LogP contribution in [0.3, 0.4) is 0 Å². The quantitative estimate of drug-likeness (QED) is 0.678. The molecular formula is C12H13N5O. The number of pyridine rings is 1. The first-order valence-corrected chi connectivity index (χ1v) is 5.81. The maximum Gasteiger partial charge on any atom is 0.227 e. The second-order valence-corrected chi connectivity index (χ2v) is 3.96. The third-order valence-corrected chi connectivity index (χ3v) is 2.74. The maximum atomic E-state index is 4.92. The number of hydrogen-bond acceptors (Lipinski definition) is 5. The average molecular weight is 243 g/mol. The Balaban J connectivity index is 1.57. The molecule has 0 aliphatic heterocycles. The van der Waals surface area contributed by atoms with Crippen molar-refractivity contribution in [2.75, 3.05) is 6.54 Å². The highest BCUT2D eigenvalue weighted by Gasteiger charge is 2.03. The summed E-state index contributed by atoms with van der Waals surface area (Å²) in [6.45, 7) is 1.58. The van der Waals surface area contributed by atoms with Gasteiger partial charge in [-0.25, -0.2) is 4.52 Å². The Kier molecular flexibility index (Phi) is 3.01. The molecule has 6 nitrogen and oxygen atoms in total. The van der Waals surface area contributed by atoms with E-state index in [1.165, 1.54) is 11.9 Å². The summed E-state index contributed by atoms with van der Waals surface area (Å²) in [5.41, 5.74) is 2.31. The van der Waals surface area contributed by atoms with Crippen molar-refractivity contribution in [1.29, 1.82) is 0 Å². The van der Waals surface area contributed by atoms with E-state index >= 15 is 0 Å². The van der Waals surface area contributed by atoms with Gasteiger partial charge in [-0.2, -0.15) is 10.1 Å². The molecule has 0 saturated carbocycles. The molecule has 1 N–H and O–H groups in total. The zero-order valence-corrected chi connectivity index (χ0v) is 9.78. The molecule has 0 radical (unpaired) electrons. The van der Waals surface area contributed by atoms with Gasteiger partial charge in [-0.15, -0.1) is 0 Å². The Morgan fingerprint density at radius 3 is 3.22 bits per heavy atom. The van der Waals surface area contributed by atoms with E-state index < -0.39 is 0 Å². The highest BCUT2D eigenvalue weighted by atomic mass is 16.5. The molecule has 18 heavy (non-hydrogen) atoms. The molecule has 0 aliphatic carbocycles. The molecule has 0 atom stereocenters. The van der Waals surface area contributed by atoms with Gasteiger partial charge in [-0.3, -0.25) is 0 Å². The smallest absolute Gasteiger partial charge is 0.227 e. The standard InChI is InChI=1S/C12H13N5O/c1-2-6-17-11(3-1)10(8-15-17)7-13-5-4-12-14-9-16-18-12/h1-3,6,8-9,13H,4-5,7H2. The molecule has 0 bridgehead atoms. The fraction of sp³-hybridized carbons (Fsp3) is 0.250. The van der Waals surface area contributed by atoms with Crippen LogP contribution in [0.25, 0.3) is 5.52 Å². The summed E-state index contributed by atoms with van der Waals surface area (Å²) >= 11 is 0. The Morgan fingerprint density at radius 1 is 1.33 bits per heavy atom. The first-order valence-electron chi connectivity index (χ1n) is 5.81. The van der Waals surface area contributed by atoms with Gasteiger partial charge in [0.1, 0.15) is 0 Å². The normalized spacial score (nSPS) is 11.1. The number of nitrogens with one attached hydrogen (secondary N) is 1. The first kappa shape index (κ1) is 10.9. The SMILES string of the molecule is c1ccn2ncc(CNCCc3ncno3)c2c1. The Hall–Kier alpha value is -2.21. The highest BCUT2D eigenvalue weighted by molar-refractivity contribution is 5.53. The van der Waals surface area contributed by atoms with Crippen LogP contribution in [0.15, 0.2) is 41.4 Å². The number of rotatable bonds is 5. The van der Waals surface area contributed by atoms with Crippen LogP contribution in [0.2, 0.25) is 0 Å². The Morgan fingerprint density at radius 2 is 2.33 bits per heavy atom. The van der Waals surface area contributed by atoms with Gasteiger partial charge in [-0.1, -0.05) is 11.2 Å². The van der Waals surface area contributed by atoms with Crippen LogP contribution in [0.4, 0.5) is 0 Å². The number of aromatic nitrogens is 4. The van der Waals surface area contributed by atoms with Gasteiger partial charge in [0, 0.05) is 31.3 Å². The molecule has 3 aromatic rings. The van der Waals surface area contributed by atoms with Crippen molar-refractivity contribution in [3.8, 4) is 0 Å². The van der Waals surface area contributed by atoms with Crippen molar-refractivity contribution in [3.63, 3.8) is 0 Å². The van der Waals surface area contributed by atoms with E-state index in [9.17, 15) is 0 Å². The lowest BCUT2D eigenvalue weighted by molar-refractivity contribution is 0.375. The van der Waals surface area contributed by atoms with Gasteiger partial charge in [0.25, 0.3) is 0 Å². The topological polar surface area (TPSA) is 68.2 Å². The van der Waals surface area contributed by atoms with Crippen LogP contribution >= 0.6 is 0 Å². The van der Waals surface area contributed by atoms with Crippen molar-refractivity contribution in [1.82, 2.24) is 25.1 Å². The number of fused-ring (bicyclic) bond motifs is 1. The van der Waals surface area contributed by atoms with Crippen molar-refractivity contribution >= 4 is 5.52 Å². The van der Waals surface area contributed by atoms with Gasteiger partial charge in [0.05, 0.1) is 11.7 Å². The average Bonchev–Trinajstić information content (AvgIpc) is 3.04. The summed E-state index contributed by atoms with van der Waals surface area (Å²) in [4.78, 5) is 3.97. The summed E-state index contributed by atoms with van der Waals surface area (Å²) in [6.07, 6.45) is 5.98. The van der Waals surface area contributed by atoms with E-state index in [-0.39, 0.29) is 0 Å². The third-order valence-electron chi connectivity index (χ3n) is 2.74. The molecule has 92 valence electrons. The zero-order valence-electron chi connectivity index (χ0n) is 9.78. The van der Waals surface area contributed by atoms with Crippen molar-refractivity contribution in [3.05, 3.63) is 48.4 Å². The lowest BCUT2D eigenvalue weighted by Gasteiger charge is -2.01. The summed E-state index contributed by atoms with van der Waals surface area (Å²) in [7, 11) is 0. The largest absolute Gasteiger partial charge is 0.340 e. The molecule has 0 aromatic carbocycles. The minimum Gasteiger partial charge on any atom is -0.340 e. The van der Waals surface area contributed by atoms with Gasteiger partial charge >= 0.3 is 0 Å². The molecule has 6 heteroatoms. The first-order chi connectivity index (χ1) is 8.93. The lowest BCUT2D eigenvalue weighted by atomic mass is 10.2. The second kappa shape index (κ2) is 4.97. The van der Waals surface area contributed by atoms with Crippen LogP contribution in [0.1, 0.15) is 11.5 Å². The molecular weight excluding hydrogens is 230 g/mol. The molecule has 3 aromatic heterocycles. The monoisotopic (exact) mass is 243 g/mol. The van der Waals surface area contributed by atoms with Crippen molar-refractivity contribution in [2.24, 2.45) is 0 Å². The number of hydrogen-bond donors (Lipinski definition) is 1. The van der Waals surface area contributed by atoms with E-state index in [0.717, 1.165) is 25.0 Å². The van der Waals surface area contributed by atoms with Gasteiger partial charge in [-0.05, 0) is 12.1 Å². The zero-order chi connectivity index (χ0) is 12.2. The van der Waals surface area contributed by atoms with E-state index in [0.29, 0.717) is 5.89 Å². The van der Waals surface area contributed by atoms with Crippen LogP contribution < -0.4 is 5.32 Å². The highest BCUT2D eigenvalue weighted by Crippen LogP contribution is 2.09. The minimum atomic E-state index is 0.655. The molecule has 0 aliphatic rings. The molecule has 0 amide bonds. The van der Waals surface area contributed by atoms with Crippen molar-refractivity contribution < 1.29 is 4.52 Å². The molecule has 3 rings (SSSR count). The molecule has 0 unspecified atom stereocenters. The maximum absolute atomic E-state index is 4.92.